The number of fused-ring (bicyclic) bond motifs is 6. The summed E-state index contributed by atoms with van der Waals surface area (Å²) in [5, 5.41) is 4.32. The van der Waals surface area contributed by atoms with Crippen molar-refractivity contribution in [3.8, 4) is 11.1 Å². The first-order valence-corrected chi connectivity index (χ1v) is 17.1. The second kappa shape index (κ2) is 10.5. The van der Waals surface area contributed by atoms with Crippen LogP contribution in [0.15, 0.2) is 72.8 Å². The highest BCUT2D eigenvalue weighted by Crippen LogP contribution is 2.37. The van der Waals surface area contributed by atoms with Crippen molar-refractivity contribution in [1.82, 2.24) is 9.13 Å². The Morgan fingerprint density at radius 2 is 0.857 bits per heavy atom. The predicted octanol–water partition coefficient (Wildman–Crippen LogP) is 6.74. The number of aryl methyl sites for hydroxylation is 4. The molecule has 0 amide bonds. The number of benzene rings is 4. The Kier molecular flexibility index (Phi) is 7.13. The molecule has 10 heteroatoms. The summed E-state index contributed by atoms with van der Waals surface area (Å²) >= 11 is 0. The van der Waals surface area contributed by atoms with E-state index in [4.69, 9.17) is 0 Å². The van der Waals surface area contributed by atoms with Gasteiger partial charge in [-0.2, -0.15) is 16.8 Å². The van der Waals surface area contributed by atoms with Crippen molar-refractivity contribution in [2.75, 3.05) is 11.5 Å². The largest absolute Gasteiger partial charge is 0.340 e. The molecule has 0 bridgehead atoms. The topological polar surface area (TPSA) is 119 Å². The minimum atomic E-state index is -4.03. The molecule has 8 nitrogen and oxygen atoms in total. The molecule has 0 saturated carbocycles. The van der Waals surface area contributed by atoms with E-state index in [0.29, 0.717) is 25.9 Å². The summed E-state index contributed by atoms with van der Waals surface area (Å²) < 4.78 is 68.0. The van der Waals surface area contributed by atoms with Gasteiger partial charge in [0.25, 0.3) is 20.2 Å². The molecule has 6 aromatic rings. The average molecular weight is 605 g/mol. The molecule has 0 aliphatic carbocycles. The third-order valence-electron chi connectivity index (χ3n) is 7.94. The number of aromatic nitrogens is 2. The van der Waals surface area contributed by atoms with Gasteiger partial charge < -0.3 is 9.13 Å². The molecule has 4 aromatic carbocycles. The molecule has 218 valence electrons. The van der Waals surface area contributed by atoms with Gasteiger partial charge in [0.1, 0.15) is 0 Å². The predicted molar refractivity (Wildman–Crippen MR) is 169 cm³/mol. The lowest BCUT2D eigenvalue weighted by Gasteiger charge is -2.09. The fraction of sp³-hybridized carbons (Fsp3) is 0.250. The van der Waals surface area contributed by atoms with Gasteiger partial charge in [-0.25, -0.2) is 0 Å². The first-order valence-electron chi connectivity index (χ1n) is 13.8. The molecule has 42 heavy (non-hydrogen) atoms. The van der Waals surface area contributed by atoms with E-state index >= 15 is 0 Å². The van der Waals surface area contributed by atoms with Crippen LogP contribution in [-0.4, -0.2) is 46.6 Å². The van der Waals surface area contributed by atoms with Crippen molar-refractivity contribution < 1.29 is 25.9 Å². The van der Waals surface area contributed by atoms with Gasteiger partial charge in [-0.05, 0) is 86.3 Å². The third-order valence-corrected chi connectivity index (χ3v) is 9.55. The van der Waals surface area contributed by atoms with Crippen LogP contribution in [0.4, 0.5) is 0 Å². The Morgan fingerprint density at radius 3 is 1.21 bits per heavy atom. The average Bonchev–Trinajstić information content (AvgIpc) is 3.38. The zero-order valence-corrected chi connectivity index (χ0v) is 25.0. The van der Waals surface area contributed by atoms with Crippen molar-refractivity contribution in [1.29, 1.82) is 0 Å². The summed E-state index contributed by atoms with van der Waals surface area (Å²) in [5.41, 5.74) is 8.38. The smallest absolute Gasteiger partial charge is 0.264 e. The Bertz CT molecular complexity index is 2070. The number of hydrogen-bond donors (Lipinski definition) is 2. The van der Waals surface area contributed by atoms with Crippen molar-refractivity contribution in [2.45, 2.75) is 39.8 Å². The van der Waals surface area contributed by atoms with Crippen LogP contribution in [-0.2, 0) is 33.3 Å². The van der Waals surface area contributed by atoms with Gasteiger partial charge in [0.05, 0.1) is 11.5 Å². The normalized spacial score (nSPS) is 12.8. The highest BCUT2D eigenvalue weighted by Gasteiger charge is 2.16. The molecule has 0 fully saturated rings. The lowest BCUT2D eigenvalue weighted by Crippen LogP contribution is -2.08. The Hall–Kier alpha value is -3.70. The van der Waals surface area contributed by atoms with Crippen LogP contribution in [0.25, 0.3) is 54.7 Å². The van der Waals surface area contributed by atoms with Gasteiger partial charge in [-0.1, -0.05) is 35.4 Å². The molecule has 0 spiro atoms. The van der Waals surface area contributed by atoms with E-state index in [1.54, 1.807) is 0 Å². The fourth-order valence-electron chi connectivity index (χ4n) is 6.09. The van der Waals surface area contributed by atoms with Crippen LogP contribution >= 0.6 is 0 Å². The van der Waals surface area contributed by atoms with Crippen LogP contribution < -0.4 is 0 Å². The van der Waals surface area contributed by atoms with Gasteiger partial charge in [0.15, 0.2) is 0 Å². The number of hydrogen-bond acceptors (Lipinski definition) is 4. The standard InChI is InChI=1S/C32H32N2O6S2/c1-21-5-9-29-25(17-21)27-19-23(7-11-31(27)33(29)13-3-15-41(35,36)37)24-8-12-32-28(20-24)26-18-22(2)6-10-30(26)34(32)14-4-16-42(38,39)40/h5-12,17-20H,3-4,13-16H2,1-2H3,(H,35,36,37)(H,38,39,40). The molecule has 0 saturated heterocycles. The SMILES string of the molecule is Cc1ccc2c(c1)c1cc(-c3ccc4c(c3)c3cc(C)ccc3n4CCCS(=O)(=O)O)ccc1n2CCCS(=O)(=O)O. The maximum Gasteiger partial charge on any atom is 0.264 e. The Labute approximate surface area is 244 Å². The molecular weight excluding hydrogens is 572 g/mol. The third kappa shape index (κ3) is 5.55. The summed E-state index contributed by atoms with van der Waals surface area (Å²) in [7, 11) is -8.07. The summed E-state index contributed by atoms with van der Waals surface area (Å²) in [6.45, 7) is 5.02. The van der Waals surface area contributed by atoms with E-state index in [0.717, 1.165) is 65.9 Å². The minimum absolute atomic E-state index is 0.291. The first kappa shape index (κ1) is 28.4. The van der Waals surface area contributed by atoms with Crippen LogP contribution in [0.3, 0.4) is 0 Å². The zero-order chi connectivity index (χ0) is 29.8. The van der Waals surface area contributed by atoms with E-state index in [1.807, 2.05) is 26.0 Å². The molecule has 0 unspecified atom stereocenters. The maximum absolute atomic E-state index is 11.3. The molecule has 2 aromatic heterocycles. The summed E-state index contributed by atoms with van der Waals surface area (Å²) in [5.74, 6) is -0.581. The lowest BCUT2D eigenvalue weighted by atomic mass is 10.00. The summed E-state index contributed by atoms with van der Waals surface area (Å²) in [6, 6.07) is 25.1. The molecule has 6 rings (SSSR count). The summed E-state index contributed by atoms with van der Waals surface area (Å²) in [4.78, 5) is 0. The van der Waals surface area contributed by atoms with Crippen LogP contribution in [0, 0.1) is 13.8 Å². The highest BCUT2D eigenvalue weighted by atomic mass is 32.2. The molecule has 0 radical (unpaired) electrons. The summed E-state index contributed by atoms with van der Waals surface area (Å²) in [6.07, 6.45) is 0.607. The van der Waals surface area contributed by atoms with E-state index in [9.17, 15) is 25.9 Å². The second-order valence-electron chi connectivity index (χ2n) is 11.1. The number of nitrogens with zero attached hydrogens (tertiary/aromatic N) is 2. The van der Waals surface area contributed by atoms with Gasteiger partial charge >= 0.3 is 0 Å². The van der Waals surface area contributed by atoms with Crippen LogP contribution in [0.2, 0.25) is 0 Å². The lowest BCUT2D eigenvalue weighted by molar-refractivity contribution is 0.477. The molecule has 0 aliphatic heterocycles. The maximum atomic E-state index is 11.3. The van der Waals surface area contributed by atoms with Crippen molar-refractivity contribution >= 4 is 63.8 Å². The Balaban J connectivity index is 1.46. The van der Waals surface area contributed by atoms with Crippen LogP contribution in [0.1, 0.15) is 24.0 Å². The molecular formula is C32H32N2O6S2. The molecule has 0 aliphatic rings. The number of rotatable bonds is 9. The molecule has 2 N–H and O–H groups in total. The van der Waals surface area contributed by atoms with E-state index < -0.39 is 20.2 Å². The Morgan fingerprint density at radius 1 is 0.524 bits per heavy atom. The molecule has 0 atom stereocenters. The first-order chi connectivity index (χ1) is 19.9. The highest BCUT2D eigenvalue weighted by molar-refractivity contribution is 7.86. The minimum Gasteiger partial charge on any atom is -0.340 e. The van der Waals surface area contributed by atoms with Gasteiger partial charge in [-0.15, -0.1) is 0 Å². The second-order valence-corrected chi connectivity index (χ2v) is 14.2. The van der Waals surface area contributed by atoms with E-state index in [-0.39, 0.29) is 11.5 Å². The monoisotopic (exact) mass is 604 g/mol. The zero-order valence-electron chi connectivity index (χ0n) is 23.4. The van der Waals surface area contributed by atoms with Crippen molar-refractivity contribution in [3.63, 3.8) is 0 Å². The fourth-order valence-corrected chi connectivity index (χ4v) is 7.07. The molecule has 2 heterocycles. The van der Waals surface area contributed by atoms with Gasteiger partial charge in [-0.3, -0.25) is 9.11 Å². The van der Waals surface area contributed by atoms with Gasteiger partial charge in [0.2, 0.25) is 0 Å². The quantitative estimate of drug-likeness (QED) is 0.176. The van der Waals surface area contributed by atoms with E-state index in [1.165, 1.54) is 0 Å². The van der Waals surface area contributed by atoms with Crippen LogP contribution in [0.5, 0.6) is 0 Å². The van der Waals surface area contributed by atoms with Crippen molar-refractivity contribution in [3.05, 3.63) is 83.9 Å². The van der Waals surface area contributed by atoms with E-state index in [2.05, 4.69) is 69.8 Å². The van der Waals surface area contributed by atoms with Crippen molar-refractivity contribution in [2.24, 2.45) is 0 Å². The van der Waals surface area contributed by atoms with Gasteiger partial charge in [0, 0.05) is 56.7 Å².